The van der Waals surface area contributed by atoms with Gasteiger partial charge in [0.25, 0.3) is 0 Å². The van der Waals surface area contributed by atoms with Gasteiger partial charge in [-0.1, -0.05) is 40.5 Å². The van der Waals surface area contributed by atoms with Crippen LogP contribution in [-0.2, 0) is 10.2 Å². The Labute approximate surface area is 120 Å². The first-order valence-electron chi connectivity index (χ1n) is 5.54. The van der Waals surface area contributed by atoms with Crippen molar-refractivity contribution in [2.45, 2.75) is 38.1 Å². The summed E-state index contributed by atoms with van der Waals surface area (Å²) in [7, 11) is 0. The summed E-state index contributed by atoms with van der Waals surface area (Å²) >= 11 is 9.56. The molecule has 1 aromatic carbocycles. The highest BCUT2D eigenvalue weighted by Gasteiger charge is 2.42. The Morgan fingerprint density at radius 1 is 1.44 bits per heavy atom. The fourth-order valence-corrected chi connectivity index (χ4v) is 2.79. The van der Waals surface area contributed by atoms with Gasteiger partial charge in [0.05, 0.1) is 6.42 Å². The summed E-state index contributed by atoms with van der Waals surface area (Å²) in [6.07, 6.45) is -0.0716. The van der Waals surface area contributed by atoms with Crippen molar-refractivity contribution >= 4 is 33.5 Å². The van der Waals surface area contributed by atoms with E-state index < -0.39 is 16.9 Å². The van der Waals surface area contributed by atoms with Crippen LogP contribution in [0, 0.1) is 0 Å². The van der Waals surface area contributed by atoms with Crippen LogP contribution < -0.4 is 5.73 Å². The molecule has 5 heteroatoms. The van der Waals surface area contributed by atoms with Crippen molar-refractivity contribution in [1.82, 2.24) is 0 Å². The summed E-state index contributed by atoms with van der Waals surface area (Å²) in [5.74, 6) is -0.894. The van der Waals surface area contributed by atoms with Gasteiger partial charge in [-0.3, -0.25) is 4.79 Å². The van der Waals surface area contributed by atoms with Crippen LogP contribution in [0.15, 0.2) is 22.7 Å². The summed E-state index contributed by atoms with van der Waals surface area (Å²) < 4.78 is 0.851. The quantitative estimate of drug-likeness (QED) is 0.884. The third-order valence-electron chi connectivity index (χ3n) is 3.45. The highest BCUT2D eigenvalue weighted by Crippen LogP contribution is 2.41. The third kappa shape index (κ3) is 3.05. The molecule has 0 bridgehead atoms. The maximum atomic E-state index is 11.1. The van der Waals surface area contributed by atoms with Crippen molar-refractivity contribution in [2.24, 2.45) is 5.73 Å². The molecule has 3 N–H and O–H groups in total. The molecule has 3 nitrogen and oxygen atoms in total. The number of aliphatic carboxylic acids is 1. The summed E-state index contributed by atoms with van der Waals surface area (Å²) in [5, 5.41) is 9.63. The number of halogens is 2. The van der Waals surface area contributed by atoms with E-state index in [1.807, 2.05) is 32.9 Å². The number of carboxylic acids is 1. The molecule has 0 aromatic heterocycles. The fraction of sp³-hybridized carbons (Fsp3) is 0.462. The monoisotopic (exact) mass is 333 g/mol. The molecule has 1 aromatic rings. The summed E-state index contributed by atoms with van der Waals surface area (Å²) in [6, 6.07) is 5.42. The minimum absolute atomic E-state index is 0.0716. The number of benzene rings is 1. The van der Waals surface area contributed by atoms with E-state index in [0.29, 0.717) is 5.02 Å². The molecule has 0 radical (unpaired) electrons. The van der Waals surface area contributed by atoms with Gasteiger partial charge in [0.15, 0.2) is 0 Å². The topological polar surface area (TPSA) is 63.3 Å². The molecule has 18 heavy (non-hydrogen) atoms. The Hall–Kier alpha value is -0.580. The minimum Gasteiger partial charge on any atom is -0.481 e. The number of hydrogen-bond donors (Lipinski definition) is 2. The van der Waals surface area contributed by atoms with Crippen molar-refractivity contribution in [2.75, 3.05) is 0 Å². The number of carboxylic acid groups (broad SMARTS) is 1. The van der Waals surface area contributed by atoms with Crippen LogP contribution in [0.3, 0.4) is 0 Å². The van der Waals surface area contributed by atoms with E-state index in [4.69, 9.17) is 22.4 Å². The molecule has 0 aliphatic carbocycles. The minimum atomic E-state index is -0.894. The van der Waals surface area contributed by atoms with Crippen LogP contribution in [-0.4, -0.2) is 16.6 Å². The van der Waals surface area contributed by atoms with Gasteiger partial charge in [-0.25, -0.2) is 0 Å². The first-order valence-corrected chi connectivity index (χ1v) is 6.71. The van der Waals surface area contributed by atoms with Crippen LogP contribution in [0.5, 0.6) is 0 Å². The summed E-state index contributed by atoms with van der Waals surface area (Å²) in [5.41, 5.74) is 5.47. The van der Waals surface area contributed by atoms with Crippen molar-refractivity contribution < 1.29 is 9.90 Å². The maximum Gasteiger partial charge on any atom is 0.304 e. The Morgan fingerprint density at radius 2 is 2.00 bits per heavy atom. The molecular formula is C13H17BrClNO2. The molecule has 0 spiro atoms. The van der Waals surface area contributed by atoms with E-state index in [1.165, 1.54) is 0 Å². The van der Waals surface area contributed by atoms with Crippen molar-refractivity contribution in [1.29, 1.82) is 0 Å². The van der Waals surface area contributed by atoms with Gasteiger partial charge < -0.3 is 10.8 Å². The molecule has 1 atom stereocenters. The van der Waals surface area contributed by atoms with Crippen LogP contribution in [0.25, 0.3) is 0 Å². The molecule has 0 saturated heterocycles. The SMILES string of the molecule is CC(C)(N)C(C)(CC(=O)O)c1ccc(Br)cc1Cl. The second-order valence-corrected chi connectivity index (χ2v) is 6.57. The lowest BCUT2D eigenvalue weighted by Crippen LogP contribution is -2.53. The Bertz CT molecular complexity index is 471. The Balaban J connectivity index is 3.39. The highest BCUT2D eigenvalue weighted by atomic mass is 79.9. The highest BCUT2D eigenvalue weighted by molar-refractivity contribution is 9.10. The lowest BCUT2D eigenvalue weighted by Gasteiger charge is -2.41. The third-order valence-corrected chi connectivity index (χ3v) is 4.26. The predicted molar refractivity (Wildman–Crippen MR) is 77.0 cm³/mol. The van der Waals surface area contributed by atoms with Gasteiger partial charge in [0.2, 0.25) is 0 Å². The van der Waals surface area contributed by atoms with Gasteiger partial charge in [-0.05, 0) is 31.5 Å². The Morgan fingerprint density at radius 3 is 2.39 bits per heavy atom. The first-order chi connectivity index (χ1) is 8.08. The van der Waals surface area contributed by atoms with Gasteiger partial charge in [0.1, 0.15) is 0 Å². The molecule has 1 unspecified atom stereocenters. The van der Waals surface area contributed by atoms with E-state index in [-0.39, 0.29) is 6.42 Å². The molecule has 0 saturated carbocycles. The zero-order valence-electron chi connectivity index (χ0n) is 10.6. The zero-order valence-corrected chi connectivity index (χ0v) is 13.0. The van der Waals surface area contributed by atoms with Gasteiger partial charge in [-0.15, -0.1) is 0 Å². The van der Waals surface area contributed by atoms with Crippen molar-refractivity contribution in [3.05, 3.63) is 33.3 Å². The average molecular weight is 335 g/mol. The molecule has 0 amide bonds. The predicted octanol–water partition coefficient (Wildman–Crippen LogP) is 3.57. The van der Waals surface area contributed by atoms with Crippen LogP contribution in [0.1, 0.15) is 32.8 Å². The van der Waals surface area contributed by atoms with Gasteiger partial charge in [0, 0.05) is 20.4 Å². The second kappa shape index (κ2) is 5.19. The number of rotatable bonds is 4. The largest absolute Gasteiger partial charge is 0.481 e. The molecule has 0 aliphatic rings. The number of carbonyl (C=O) groups is 1. The van der Waals surface area contributed by atoms with Crippen molar-refractivity contribution in [3.63, 3.8) is 0 Å². The van der Waals surface area contributed by atoms with E-state index in [2.05, 4.69) is 15.9 Å². The van der Waals surface area contributed by atoms with E-state index in [9.17, 15) is 4.79 Å². The summed E-state index contributed by atoms with van der Waals surface area (Å²) in [4.78, 5) is 11.1. The van der Waals surface area contributed by atoms with Crippen LogP contribution >= 0.6 is 27.5 Å². The van der Waals surface area contributed by atoms with E-state index >= 15 is 0 Å². The van der Waals surface area contributed by atoms with Crippen molar-refractivity contribution in [3.8, 4) is 0 Å². The zero-order chi connectivity index (χ0) is 14.1. The average Bonchev–Trinajstić information content (AvgIpc) is 2.13. The van der Waals surface area contributed by atoms with Crippen LogP contribution in [0.4, 0.5) is 0 Å². The lowest BCUT2D eigenvalue weighted by molar-refractivity contribution is -0.139. The Kier molecular flexibility index (Phi) is 4.47. The van der Waals surface area contributed by atoms with Gasteiger partial charge >= 0.3 is 5.97 Å². The van der Waals surface area contributed by atoms with Crippen LogP contribution in [0.2, 0.25) is 5.02 Å². The van der Waals surface area contributed by atoms with Gasteiger partial charge in [-0.2, -0.15) is 0 Å². The fourth-order valence-electron chi connectivity index (χ4n) is 1.91. The summed E-state index contributed by atoms with van der Waals surface area (Å²) in [6.45, 7) is 5.46. The smallest absolute Gasteiger partial charge is 0.304 e. The standard InChI is InChI=1S/C13H17BrClNO2/c1-12(2,16)13(3,7-11(17)18)9-5-4-8(14)6-10(9)15/h4-6H,7,16H2,1-3H3,(H,17,18). The normalized spacial score (nSPS) is 15.2. The maximum absolute atomic E-state index is 11.1. The molecule has 100 valence electrons. The number of hydrogen-bond acceptors (Lipinski definition) is 2. The number of nitrogens with two attached hydrogens (primary N) is 1. The molecule has 0 aliphatic heterocycles. The van der Waals surface area contributed by atoms with E-state index in [1.54, 1.807) is 6.07 Å². The molecule has 0 fully saturated rings. The molecule has 0 heterocycles. The lowest BCUT2D eigenvalue weighted by atomic mass is 9.66. The first kappa shape index (κ1) is 15.5. The molecule has 1 rings (SSSR count). The van der Waals surface area contributed by atoms with E-state index in [0.717, 1.165) is 10.0 Å². The molecular weight excluding hydrogens is 318 g/mol. The second-order valence-electron chi connectivity index (χ2n) is 5.25.